The van der Waals surface area contributed by atoms with E-state index in [-0.39, 0.29) is 18.3 Å². The third-order valence-corrected chi connectivity index (χ3v) is 9.01. The highest BCUT2D eigenvalue weighted by atomic mass is 28.4. The molecular formula is C17H29N3O3Si. The summed E-state index contributed by atoms with van der Waals surface area (Å²) < 4.78 is 11.6. The number of hydrogen-bond acceptors (Lipinski definition) is 4. The lowest BCUT2D eigenvalue weighted by atomic mass is 10.2. The largest absolute Gasteiger partial charge is 0.491 e. The van der Waals surface area contributed by atoms with E-state index in [0.29, 0.717) is 5.75 Å². The van der Waals surface area contributed by atoms with E-state index in [1.54, 1.807) is 0 Å². The molecular weight excluding hydrogens is 322 g/mol. The average Bonchev–Trinajstić information content (AvgIpc) is 2.49. The van der Waals surface area contributed by atoms with Crippen LogP contribution in [0.2, 0.25) is 18.1 Å². The highest BCUT2D eigenvalue weighted by Gasteiger charge is 2.38. The number of hydrogen-bond donors (Lipinski definition) is 1. The van der Waals surface area contributed by atoms with Crippen molar-refractivity contribution in [3.8, 4) is 5.75 Å². The standard InChI is InChI=1S/C17H29N3O3Si/c1-13-7-9-14(10-8-13)22-12-16(21)15(19-20-18)11-23-24(5,6)17(2,3)4/h7-10,15-16,21H,11-12H2,1-6H3/t15-,16+/m0/s1. The van der Waals surface area contributed by atoms with Gasteiger partial charge in [0, 0.05) is 11.5 Å². The van der Waals surface area contributed by atoms with Gasteiger partial charge in [0.05, 0.1) is 12.1 Å². The maximum Gasteiger partial charge on any atom is 0.191 e. The molecule has 6 nitrogen and oxygen atoms in total. The lowest BCUT2D eigenvalue weighted by molar-refractivity contribution is 0.0660. The molecule has 134 valence electrons. The molecule has 2 atom stereocenters. The zero-order chi connectivity index (χ0) is 18.4. The number of aliphatic hydroxyl groups excluding tert-OH is 1. The fourth-order valence-electron chi connectivity index (χ4n) is 1.73. The molecule has 0 bridgehead atoms. The van der Waals surface area contributed by atoms with E-state index in [0.717, 1.165) is 5.56 Å². The Kier molecular flexibility index (Phi) is 7.29. The summed E-state index contributed by atoms with van der Waals surface area (Å²) in [7, 11) is -1.97. The van der Waals surface area contributed by atoms with Crippen molar-refractivity contribution in [3.05, 3.63) is 40.3 Å². The van der Waals surface area contributed by atoms with E-state index in [1.165, 1.54) is 0 Å². The first-order chi connectivity index (χ1) is 11.1. The van der Waals surface area contributed by atoms with Crippen LogP contribution in [0.1, 0.15) is 26.3 Å². The van der Waals surface area contributed by atoms with Gasteiger partial charge in [0.2, 0.25) is 0 Å². The first kappa shape index (κ1) is 20.5. The predicted molar refractivity (Wildman–Crippen MR) is 98.8 cm³/mol. The van der Waals surface area contributed by atoms with E-state index in [9.17, 15) is 5.11 Å². The maximum atomic E-state index is 10.3. The molecule has 0 fully saturated rings. The van der Waals surface area contributed by atoms with Crippen LogP contribution in [0.4, 0.5) is 0 Å². The third kappa shape index (κ3) is 6.17. The van der Waals surface area contributed by atoms with Crippen LogP contribution in [-0.4, -0.2) is 38.8 Å². The van der Waals surface area contributed by atoms with Crippen molar-refractivity contribution in [3.63, 3.8) is 0 Å². The van der Waals surface area contributed by atoms with Gasteiger partial charge in [-0.2, -0.15) is 0 Å². The number of aryl methyl sites for hydroxylation is 1. The Bertz CT molecular complexity index is 563. The van der Waals surface area contributed by atoms with Crippen molar-refractivity contribution in [2.24, 2.45) is 5.11 Å². The summed E-state index contributed by atoms with van der Waals surface area (Å²) in [6, 6.07) is 6.89. The predicted octanol–water partition coefficient (Wildman–Crippen LogP) is 4.44. The van der Waals surface area contributed by atoms with Crippen molar-refractivity contribution in [1.29, 1.82) is 0 Å². The van der Waals surface area contributed by atoms with Crippen LogP contribution >= 0.6 is 0 Å². The van der Waals surface area contributed by atoms with Crippen molar-refractivity contribution in [1.82, 2.24) is 0 Å². The number of azide groups is 1. The fraction of sp³-hybridized carbons (Fsp3) is 0.647. The summed E-state index contributed by atoms with van der Waals surface area (Å²) in [5, 5.41) is 14.0. The summed E-state index contributed by atoms with van der Waals surface area (Å²) in [6.45, 7) is 12.9. The van der Waals surface area contributed by atoms with Gasteiger partial charge in [-0.3, -0.25) is 0 Å². The number of aliphatic hydroxyl groups is 1. The van der Waals surface area contributed by atoms with Crippen LogP contribution < -0.4 is 4.74 Å². The number of rotatable bonds is 8. The molecule has 0 saturated carbocycles. The van der Waals surface area contributed by atoms with Gasteiger partial charge < -0.3 is 14.3 Å². The van der Waals surface area contributed by atoms with Crippen LogP contribution in [0.25, 0.3) is 10.4 Å². The molecule has 0 aliphatic carbocycles. The molecule has 0 spiro atoms. The Hall–Kier alpha value is -1.53. The van der Waals surface area contributed by atoms with Gasteiger partial charge >= 0.3 is 0 Å². The summed E-state index contributed by atoms with van der Waals surface area (Å²) in [5.41, 5.74) is 9.89. The Morgan fingerprint density at radius 3 is 2.29 bits per heavy atom. The Labute approximate surface area is 145 Å². The van der Waals surface area contributed by atoms with E-state index < -0.39 is 20.5 Å². The first-order valence-electron chi connectivity index (χ1n) is 8.12. The van der Waals surface area contributed by atoms with Crippen LogP contribution in [0.5, 0.6) is 5.75 Å². The minimum atomic E-state index is -1.97. The highest BCUT2D eigenvalue weighted by Crippen LogP contribution is 2.36. The minimum absolute atomic E-state index is 0.0492. The molecule has 0 unspecified atom stereocenters. The van der Waals surface area contributed by atoms with Crippen molar-refractivity contribution < 1.29 is 14.3 Å². The zero-order valence-corrected chi connectivity index (χ0v) is 16.5. The quantitative estimate of drug-likeness (QED) is 0.325. The number of ether oxygens (including phenoxy) is 1. The smallest absolute Gasteiger partial charge is 0.191 e. The van der Waals surface area contributed by atoms with Crippen LogP contribution in [0, 0.1) is 6.92 Å². The van der Waals surface area contributed by atoms with E-state index >= 15 is 0 Å². The van der Waals surface area contributed by atoms with Gasteiger partial charge in [0.25, 0.3) is 0 Å². The van der Waals surface area contributed by atoms with Crippen molar-refractivity contribution in [2.45, 2.75) is 58.0 Å². The molecule has 0 aliphatic heterocycles. The monoisotopic (exact) mass is 351 g/mol. The molecule has 24 heavy (non-hydrogen) atoms. The fourth-order valence-corrected chi connectivity index (χ4v) is 2.75. The Morgan fingerprint density at radius 1 is 1.21 bits per heavy atom. The SMILES string of the molecule is Cc1ccc(OC[C@@H](O)[C@H](CO[Si](C)(C)C(C)(C)C)N=[N+]=[N-])cc1. The number of benzene rings is 1. The Morgan fingerprint density at radius 2 is 1.79 bits per heavy atom. The molecule has 0 heterocycles. The van der Waals surface area contributed by atoms with Crippen LogP contribution in [0.3, 0.4) is 0 Å². The second-order valence-electron chi connectivity index (χ2n) is 7.53. The zero-order valence-electron chi connectivity index (χ0n) is 15.5. The van der Waals surface area contributed by atoms with Gasteiger partial charge in [0.1, 0.15) is 12.4 Å². The third-order valence-electron chi connectivity index (χ3n) is 4.51. The molecule has 0 saturated heterocycles. The molecule has 7 heteroatoms. The topological polar surface area (TPSA) is 87.5 Å². The Balaban J connectivity index is 2.63. The molecule has 1 rings (SSSR count). The van der Waals surface area contributed by atoms with Crippen molar-refractivity contribution >= 4 is 8.32 Å². The molecule has 0 amide bonds. The van der Waals surface area contributed by atoms with Gasteiger partial charge in [-0.1, -0.05) is 43.6 Å². The minimum Gasteiger partial charge on any atom is -0.491 e. The molecule has 1 aromatic carbocycles. The van der Waals surface area contributed by atoms with E-state index in [4.69, 9.17) is 14.7 Å². The molecule has 1 N–H and O–H groups in total. The normalized spacial score (nSPS) is 14.6. The second kappa shape index (κ2) is 8.53. The number of nitrogens with zero attached hydrogens (tertiary/aromatic N) is 3. The second-order valence-corrected chi connectivity index (χ2v) is 12.3. The van der Waals surface area contributed by atoms with Gasteiger partial charge in [-0.25, -0.2) is 0 Å². The summed E-state index contributed by atoms with van der Waals surface area (Å²) in [6.07, 6.45) is -0.924. The van der Waals surface area contributed by atoms with Crippen molar-refractivity contribution in [2.75, 3.05) is 13.2 Å². The average molecular weight is 352 g/mol. The van der Waals surface area contributed by atoms with Crippen LogP contribution in [-0.2, 0) is 4.43 Å². The molecule has 0 radical (unpaired) electrons. The van der Waals surface area contributed by atoms with E-state index in [1.807, 2.05) is 31.2 Å². The van der Waals surface area contributed by atoms with Gasteiger partial charge in [0.15, 0.2) is 8.32 Å². The highest BCUT2D eigenvalue weighted by molar-refractivity contribution is 6.74. The lowest BCUT2D eigenvalue weighted by Gasteiger charge is -2.37. The molecule has 1 aromatic rings. The summed E-state index contributed by atoms with van der Waals surface area (Å²) in [4.78, 5) is 2.83. The maximum absolute atomic E-state index is 10.3. The van der Waals surface area contributed by atoms with Gasteiger partial charge in [-0.05, 0) is 42.7 Å². The molecule has 0 aromatic heterocycles. The molecule has 0 aliphatic rings. The summed E-state index contributed by atoms with van der Waals surface area (Å²) >= 11 is 0. The summed E-state index contributed by atoms with van der Waals surface area (Å²) in [5.74, 6) is 0.671. The lowest BCUT2D eigenvalue weighted by Crippen LogP contribution is -2.44. The van der Waals surface area contributed by atoms with E-state index in [2.05, 4.69) is 43.9 Å². The first-order valence-corrected chi connectivity index (χ1v) is 11.0. The van der Waals surface area contributed by atoms with Gasteiger partial charge in [-0.15, -0.1) is 0 Å². The van der Waals surface area contributed by atoms with Crippen LogP contribution in [0.15, 0.2) is 29.4 Å².